The van der Waals surface area contributed by atoms with Gasteiger partial charge in [0.25, 0.3) is 11.8 Å². The van der Waals surface area contributed by atoms with Crippen LogP contribution in [-0.2, 0) is 0 Å². The molecule has 6 heteroatoms. The van der Waals surface area contributed by atoms with Crippen LogP contribution < -0.4 is 10.6 Å². The van der Waals surface area contributed by atoms with E-state index in [0.717, 1.165) is 6.54 Å². The van der Waals surface area contributed by atoms with E-state index in [1.165, 1.54) is 0 Å². The zero-order valence-corrected chi connectivity index (χ0v) is 14.7. The Morgan fingerprint density at radius 3 is 2.60 bits per heavy atom. The summed E-state index contributed by atoms with van der Waals surface area (Å²) in [6.45, 7) is 4.13. The lowest BCUT2D eigenvalue weighted by molar-refractivity contribution is 0.0710. The molecule has 0 radical (unpaired) electrons. The number of para-hydroxylation sites is 1. The SMILES string of the molecule is CC1CN(C(=O)c2ccccc2NC(=O)c2ccc(Cl)cc2)CCN1. The first-order chi connectivity index (χ1) is 12.0. The van der Waals surface area contributed by atoms with Crippen LogP contribution in [0.3, 0.4) is 0 Å². The van der Waals surface area contributed by atoms with Crippen LogP contribution in [0.1, 0.15) is 27.6 Å². The molecular formula is C19H20ClN3O2. The van der Waals surface area contributed by atoms with Crippen molar-refractivity contribution in [3.63, 3.8) is 0 Å². The number of carbonyl (C=O) groups excluding carboxylic acids is 2. The third-order valence-corrected chi connectivity index (χ3v) is 4.42. The van der Waals surface area contributed by atoms with E-state index in [0.29, 0.717) is 34.9 Å². The molecule has 5 nitrogen and oxygen atoms in total. The molecule has 1 unspecified atom stereocenters. The average molecular weight is 358 g/mol. The monoisotopic (exact) mass is 357 g/mol. The molecule has 0 bridgehead atoms. The van der Waals surface area contributed by atoms with Gasteiger partial charge in [0, 0.05) is 36.3 Å². The molecule has 2 aromatic rings. The van der Waals surface area contributed by atoms with Crippen molar-refractivity contribution in [3.8, 4) is 0 Å². The summed E-state index contributed by atoms with van der Waals surface area (Å²) >= 11 is 5.85. The summed E-state index contributed by atoms with van der Waals surface area (Å²) in [5.41, 5.74) is 1.50. The molecule has 2 N–H and O–H groups in total. The minimum Gasteiger partial charge on any atom is -0.336 e. The van der Waals surface area contributed by atoms with Crippen LogP contribution in [0, 0.1) is 0 Å². The Bertz CT molecular complexity index is 776. The maximum absolute atomic E-state index is 12.9. The van der Waals surface area contributed by atoms with Crippen LogP contribution in [0.15, 0.2) is 48.5 Å². The number of carbonyl (C=O) groups is 2. The lowest BCUT2D eigenvalue weighted by Crippen LogP contribution is -2.51. The largest absolute Gasteiger partial charge is 0.336 e. The van der Waals surface area contributed by atoms with Crippen molar-refractivity contribution in [3.05, 3.63) is 64.7 Å². The number of nitrogens with one attached hydrogen (secondary N) is 2. The molecule has 1 heterocycles. The molecule has 1 fully saturated rings. The van der Waals surface area contributed by atoms with E-state index >= 15 is 0 Å². The number of hydrogen-bond donors (Lipinski definition) is 2. The van der Waals surface area contributed by atoms with Gasteiger partial charge in [-0.25, -0.2) is 0 Å². The van der Waals surface area contributed by atoms with E-state index in [-0.39, 0.29) is 17.9 Å². The fourth-order valence-corrected chi connectivity index (χ4v) is 2.99. The van der Waals surface area contributed by atoms with Crippen molar-refractivity contribution >= 4 is 29.1 Å². The summed E-state index contributed by atoms with van der Waals surface area (Å²) in [7, 11) is 0. The summed E-state index contributed by atoms with van der Waals surface area (Å²) in [4.78, 5) is 27.1. The summed E-state index contributed by atoms with van der Waals surface area (Å²) in [5, 5.41) is 6.72. The second kappa shape index (κ2) is 7.68. The van der Waals surface area contributed by atoms with Gasteiger partial charge in [-0.2, -0.15) is 0 Å². The molecule has 1 aliphatic rings. The van der Waals surface area contributed by atoms with Crippen LogP contribution in [-0.4, -0.2) is 42.4 Å². The van der Waals surface area contributed by atoms with Gasteiger partial charge in [-0.15, -0.1) is 0 Å². The van der Waals surface area contributed by atoms with Gasteiger partial charge in [-0.3, -0.25) is 9.59 Å². The van der Waals surface area contributed by atoms with Gasteiger partial charge in [0.2, 0.25) is 0 Å². The highest BCUT2D eigenvalue weighted by Gasteiger charge is 2.23. The minimum atomic E-state index is -0.273. The Labute approximate surface area is 152 Å². The van der Waals surface area contributed by atoms with Gasteiger partial charge in [0.05, 0.1) is 11.3 Å². The summed E-state index contributed by atoms with van der Waals surface area (Å²) in [6, 6.07) is 14.0. The average Bonchev–Trinajstić information content (AvgIpc) is 2.62. The number of nitrogens with zero attached hydrogens (tertiary/aromatic N) is 1. The Hall–Kier alpha value is -2.37. The summed E-state index contributed by atoms with van der Waals surface area (Å²) < 4.78 is 0. The van der Waals surface area contributed by atoms with Gasteiger partial charge >= 0.3 is 0 Å². The van der Waals surface area contributed by atoms with E-state index < -0.39 is 0 Å². The topological polar surface area (TPSA) is 61.4 Å². The second-order valence-electron chi connectivity index (χ2n) is 6.11. The van der Waals surface area contributed by atoms with E-state index in [9.17, 15) is 9.59 Å². The molecule has 130 valence electrons. The summed E-state index contributed by atoms with van der Waals surface area (Å²) in [6.07, 6.45) is 0. The van der Waals surface area contributed by atoms with E-state index in [4.69, 9.17) is 11.6 Å². The van der Waals surface area contributed by atoms with E-state index in [1.807, 2.05) is 11.8 Å². The second-order valence-corrected chi connectivity index (χ2v) is 6.55. The maximum atomic E-state index is 12.9. The van der Waals surface area contributed by atoms with Gasteiger partial charge in [0.15, 0.2) is 0 Å². The zero-order chi connectivity index (χ0) is 17.8. The summed E-state index contributed by atoms with van der Waals surface area (Å²) in [5.74, 6) is -0.342. The van der Waals surface area contributed by atoms with Crippen molar-refractivity contribution in [1.29, 1.82) is 0 Å². The predicted octanol–water partition coefficient (Wildman–Crippen LogP) is 3.03. The molecule has 3 rings (SSSR count). The van der Waals surface area contributed by atoms with Crippen LogP contribution >= 0.6 is 11.6 Å². The van der Waals surface area contributed by atoms with Crippen LogP contribution in [0.5, 0.6) is 0 Å². The molecule has 2 amide bonds. The highest BCUT2D eigenvalue weighted by molar-refractivity contribution is 6.30. The van der Waals surface area contributed by atoms with Crippen molar-refractivity contribution in [1.82, 2.24) is 10.2 Å². The van der Waals surface area contributed by atoms with Gasteiger partial charge in [-0.05, 0) is 43.3 Å². The first-order valence-electron chi connectivity index (χ1n) is 8.23. The Morgan fingerprint density at radius 1 is 1.16 bits per heavy atom. The minimum absolute atomic E-state index is 0.0691. The quantitative estimate of drug-likeness (QED) is 0.887. The van der Waals surface area contributed by atoms with Gasteiger partial charge in [-0.1, -0.05) is 23.7 Å². The van der Waals surface area contributed by atoms with Crippen molar-refractivity contribution in [2.45, 2.75) is 13.0 Å². The fraction of sp³-hybridized carbons (Fsp3) is 0.263. The number of hydrogen-bond acceptors (Lipinski definition) is 3. The normalized spacial score (nSPS) is 17.2. The number of halogens is 1. The zero-order valence-electron chi connectivity index (χ0n) is 14.0. The number of anilines is 1. The van der Waals surface area contributed by atoms with Gasteiger partial charge < -0.3 is 15.5 Å². The fourth-order valence-electron chi connectivity index (χ4n) is 2.86. The molecule has 1 atom stereocenters. The first kappa shape index (κ1) is 17.5. The van der Waals surface area contributed by atoms with Crippen LogP contribution in [0.4, 0.5) is 5.69 Å². The van der Waals surface area contributed by atoms with Crippen molar-refractivity contribution in [2.24, 2.45) is 0 Å². The molecule has 25 heavy (non-hydrogen) atoms. The highest BCUT2D eigenvalue weighted by Crippen LogP contribution is 2.20. The Morgan fingerprint density at radius 2 is 1.88 bits per heavy atom. The van der Waals surface area contributed by atoms with Crippen molar-refractivity contribution in [2.75, 3.05) is 25.0 Å². The lowest BCUT2D eigenvalue weighted by Gasteiger charge is -2.32. The third-order valence-electron chi connectivity index (χ3n) is 4.17. The molecular weight excluding hydrogens is 338 g/mol. The van der Waals surface area contributed by atoms with Gasteiger partial charge in [0.1, 0.15) is 0 Å². The standard InChI is InChI=1S/C19H20ClN3O2/c1-13-12-23(11-10-21-13)19(25)16-4-2-3-5-17(16)22-18(24)14-6-8-15(20)9-7-14/h2-9,13,21H,10-12H2,1H3,(H,22,24). The van der Waals surface area contributed by atoms with E-state index in [1.54, 1.807) is 48.5 Å². The smallest absolute Gasteiger partial charge is 0.256 e. The maximum Gasteiger partial charge on any atom is 0.256 e. The Kier molecular flexibility index (Phi) is 5.36. The highest BCUT2D eigenvalue weighted by atomic mass is 35.5. The molecule has 1 aliphatic heterocycles. The lowest BCUT2D eigenvalue weighted by atomic mass is 10.1. The number of rotatable bonds is 3. The van der Waals surface area contributed by atoms with Crippen molar-refractivity contribution < 1.29 is 9.59 Å². The van der Waals surface area contributed by atoms with E-state index in [2.05, 4.69) is 10.6 Å². The van der Waals surface area contributed by atoms with Crippen LogP contribution in [0.2, 0.25) is 5.02 Å². The molecule has 1 saturated heterocycles. The number of amides is 2. The molecule has 0 saturated carbocycles. The first-order valence-corrected chi connectivity index (χ1v) is 8.61. The number of benzene rings is 2. The predicted molar refractivity (Wildman–Crippen MR) is 99.2 cm³/mol. The molecule has 0 aliphatic carbocycles. The molecule has 0 spiro atoms. The molecule has 2 aromatic carbocycles. The number of piperazine rings is 1. The Balaban J connectivity index is 1.79. The third kappa shape index (κ3) is 4.18. The molecule has 0 aromatic heterocycles. The van der Waals surface area contributed by atoms with Crippen LogP contribution in [0.25, 0.3) is 0 Å².